The first kappa shape index (κ1) is 12.8. The fraction of sp³-hybridized carbons (Fsp3) is 0.583. The van der Waals surface area contributed by atoms with Crippen LogP contribution in [0.1, 0.15) is 6.92 Å². The van der Waals surface area contributed by atoms with Crippen molar-refractivity contribution in [2.45, 2.75) is 6.92 Å². The molecule has 16 heavy (non-hydrogen) atoms. The lowest BCUT2D eigenvalue weighted by Crippen LogP contribution is -2.16. The van der Waals surface area contributed by atoms with Crippen LogP contribution in [0.3, 0.4) is 0 Å². The Labute approximate surface area is 97.6 Å². The van der Waals surface area contributed by atoms with Gasteiger partial charge in [0.25, 0.3) is 0 Å². The molecule has 1 atom stereocenters. The van der Waals surface area contributed by atoms with Crippen molar-refractivity contribution >= 4 is 11.5 Å². The molecule has 0 aliphatic heterocycles. The number of anilines is 2. The minimum Gasteiger partial charge on any atom is -0.384 e. The average molecular weight is 223 g/mol. The lowest BCUT2D eigenvalue weighted by molar-refractivity contribution is 0.164. The highest BCUT2D eigenvalue weighted by atomic mass is 16.5. The predicted octanol–water partition coefficient (Wildman–Crippen LogP) is 1.84. The number of nitrogens with one attached hydrogen (secondary N) is 1. The Balaban J connectivity index is 2.43. The molecule has 0 radical (unpaired) electrons. The lowest BCUT2D eigenvalue weighted by atomic mass is 10.2. The molecule has 1 aromatic heterocycles. The van der Waals surface area contributed by atoms with Crippen LogP contribution in [0.5, 0.6) is 0 Å². The number of hydrogen-bond donors (Lipinski definition) is 1. The van der Waals surface area contributed by atoms with Crippen molar-refractivity contribution in [2.75, 3.05) is 44.6 Å². The number of hydrogen-bond acceptors (Lipinski definition) is 4. The zero-order valence-corrected chi connectivity index (χ0v) is 10.5. The van der Waals surface area contributed by atoms with Gasteiger partial charge in [0.1, 0.15) is 5.82 Å². The first-order valence-corrected chi connectivity index (χ1v) is 5.49. The molecular weight excluding hydrogens is 202 g/mol. The lowest BCUT2D eigenvalue weighted by Gasteiger charge is -2.14. The van der Waals surface area contributed by atoms with Crippen LogP contribution in [0.2, 0.25) is 0 Å². The van der Waals surface area contributed by atoms with E-state index in [1.807, 2.05) is 37.3 Å². The maximum atomic E-state index is 5.08. The highest BCUT2D eigenvalue weighted by molar-refractivity contribution is 5.47. The van der Waals surface area contributed by atoms with Crippen molar-refractivity contribution in [1.82, 2.24) is 4.98 Å². The van der Waals surface area contributed by atoms with Gasteiger partial charge in [-0.25, -0.2) is 4.98 Å². The normalized spacial score (nSPS) is 12.2. The van der Waals surface area contributed by atoms with E-state index in [0.29, 0.717) is 5.92 Å². The molecule has 0 fully saturated rings. The van der Waals surface area contributed by atoms with Gasteiger partial charge in [-0.2, -0.15) is 0 Å². The van der Waals surface area contributed by atoms with Crippen LogP contribution in [0.25, 0.3) is 0 Å². The summed E-state index contributed by atoms with van der Waals surface area (Å²) in [7, 11) is 5.69. The predicted molar refractivity (Wildman–Crippen MR) is 68.1 cm³/mol. The van der Waals surface area contributed by atoms with Gasteiger partial charge < -0.3 is 15.0 Å². The molecule has 0 aliphatic carbocycles. The van der Waals surface area contributed by atoms with Crippen LogP contribution < -0.4 is 10.2 Å². The summed E-state index contributed by atoms with van der Waals surface area (Å²) >= 11 is 0. The quantitative estimate of drug-likeness (QED) is 0.798. The number of rotatable bonds is 6. The van der Waals surface area contributed by atoms with Crippen molar-refractivity contribution in [3.63, 3.8) is 0 Å². The molecule has 1 rings (SSSR count). The summed E-state index contributed by atoms with van der Waals surface area (Å²) < 4.78 is 5.08. The second-order valence-corrected chi connectivity index (χ2v) is 4.24. The van der Waals surface area contributed by atoms with E-state index >= 15 is 0 Å². The van der Waals surface area contributed by atoms with Crippen LogP contribution in [0.15, 0.2) is 18.3 Å². The second-order valence-electron chi connectivity index (χ2n) is 4.24. The Morgan fingerprint density at radius 3 is 2.69 bits per heavy atom. The molecule has 0 bridgehead atoms. The maximum Gasteiger partial charge on any atom is 0.128 e. The van der Waals surface area contributed by atoms with E-state index in [1.165, 1.54) is 0 Å². The average Bonchev–Trinajstić information content (AvgIpc) is 2.27. The van der Waals surface area contributed by atoms with Gasteiger partial charge in [0.2, 0.25) is 0 Å². The zero-order chi connectivity index (χ0) is 12.0. The SMILES string of the molecule is COCC(C)CNc1ccc(N(C)C)nc1. The number of nitrogens with zero attached hydrogens (tertiary/aromatic N) is 2. The van der Waals surface area contributed by atoms with Crippen molar-refractivity contribution in [2.24, 2.45) is 5.92 Å². The van der Waals surface area contributed by atoms with E-state index < -0.39 is 0 Å². The molecular formula is C12H21N3O. The smallest absolute Gasteiger partial charge is 0.128 e. The Hall–Kier alpha value is -1.29. The van der Waals surface area contributed by atoms with Gasteiger partial charge in [-0.15, -0.1) is 0 Å². The largest absolute Gasteiger partial charge is 0.384 e. The van der Waals surface area contributed by atoms with E-state index in [4.69, 9.17) is 4.74 Å². The molecule has 0 spiro atoms. The summed E-state index contributed by atoms with van der Waals surface area (Å²) in [6.07, 6.45) is 1.86. The monoisotopic (exact) mass is 223 g/mol. The summed E-state index contributed by atoms with van der Waals surface area (Å²) in [5.41, 5.74) is 1.05. The topological polar surface area (TPSA) is 37.4 Å². The molecule has 0 amide bonds. The zero-order valence-electron chi connectivity index (χ0n) is 10.5. The molecule has 1 unspecified atom stereocenters. The molecule has 0 aromatic carbocycles. The van der Waals surface area contributed by atoms with Crippen molar-refractivity contribution < 1.29 is 4.74 Å². The highest BCUT2D eigenvalue weighted by Crippen LogP contribution is 2.12. The van der Waals surface area contributed by atoms with Crippen LogP contribution in [-0.4, -0.2) is 39.3 Å². The molecule has 1 heterocycles. The molecule has 90 valence electrons. The van der Waals surface area contributed by atoms with Crippen LogP contribution in [-0.2, 0) is 4.74 Å². The van der Waals surface area contributed by atoms with Gasteiger partial charge in [-0.1, -0.05) is 6.92 Å². The fourth-order valence-corrected chi connectivity index (χ4v) is 1.39. The molecule has 4 nitrogen and oxygen atoms in total. The number of aromatic nitrogens is 1. The summed E-state index contributed by atoms with van der Waals surface area (Å²) in [6, 6.07) is 4.05. The maximum absolute atomic E-state index is 5.08. The number of pyridine rings is 1. The highest BCUT2D eigenvalue weighted by Gasteiger charge is 2.01. The number of methoxy groups -OCH3 is 1. The van der Waals surface area contributed by atoms with E-state index in [2.05, 4.69) is 17.2 Å². The van der Waals surface area contributed by atoms with Gasteiger partial charge in [-0.05, 0) is 18.1 Å². The molecule has 4 heteroatoms. The molecule has 1 N–H and O–H groups in total. The third-order valence-corrected chi connectivity index (χ3v) is 2.31. The fourth-order valence-electron chi connectivity index (χ4n) is 1.39. The van der Waals surface area contributed by atoms with E-state index in [-0.39, 0.29) is 0 Å². The molecule has 0 aliphatic rings. The minimum absolute atomic E-state index is 0.499. The van der Waals surface area contributed by atoms with Gasteiger partial charge in [0, 0.05) is 27.7 Å². The van der Waals surface area contributed by atoms with Gasteiger partial charge >= 0.3 is 0 Å². The number of ether oxygens (including phenoxy) is 1. The Bertz CT molecular complexity index is 298. The summed E-state index contributed by atoms with van der Waals surface area (Å²) in [5.74, 6) is 1.47. The third-order valence-electron chi connectivity index (χ3n) is 2.31. The van der Waals surface area contributed by atoms with Crippen molar-refractivity contribution in [3.8, 4) is 0 Å². The summed E-state index contributed by atoms with van der Waals surface area (Å²) in [5, 5.41) is 3.33. The van der Waals surface area contributed by atoms with Crippen molar-refractivity contribution in [3.05, 3.63) is 18.3 Å². The molecule has 0 saturated heterocycles. The summed E-state index contributed by atoms with van der Waals surface area (Å²) in [4.78, 5) is 6.32. The van der Waals surface area contributed by atoms with Crippen molar-refractivity contribution in [1.29, 1.82) is 0 Å². The van der Waals surface area contributed by atoms with E-state index in [0.717, 1.165) is 24.7 Å². The van der Waals surface area contributed by atoms with Gasteiger partial charge in [0.15, 0.2) is 0 Å². The van der Waals surface area contributed by atoms with Crippen LogP contribution >= 0.6 is 0 Å². The third kappa shape index (κ3) is 4.06. The Morgan fingerprint density at radius 1 is 1.44 bits per heavy atom. The Kier molecular flexibility index (Phi) is 5.05. The van der Waals surface area contributed by atoms with Gasteiger partial charge in [-0.3, -0.25) is 0 Å². The van der Waals surface area contributed by atoms with E-state index in [1.54, 1.807) is 7.11 Å². The van der Waals surface area contributed by atoms with Crippen LogP contribution in [0, 0.1) is 5.92 Å². The molecule has 1 aromatic rings. The first-order valence-electron chi connectivity index (χ1n) is 5.49. The first-order chi connectivity index (χ1) is 7.63. The molecule has 0 saturated carbocycles. The standard InChI is InChI=1S/C12H21N3O/c1-10(9-16-4)7-13-11-5-6-12(14-8-11)15(2)3/h5-6,8,10,13H,7,9H2,1-4H3. The minimum atomic E-state index is 0.499. The van der Waals surface area contributed by atoms with Crippen LogP contribution in [0.4, 0.5) is 11.5 Å². The van der Waals surface area contributed by atoms with Gasteiger partial charge in [0.05, 0.1) is 18.5 Å². The van der Waals surface area contributed by atoms with E-state index in [9.17, 15) is 0 Å². The second kappa shape index (κ2) is 6.33. The Morgan fingerprint density at radius 2 is 2.19 bits per heavy atom. The summed E-state index contributed by atoms with van der Waals surface area (Å²) in [6.45, 7) is 3.82.